The van der Waals surface area contributed by atoms with Crippen molar-refractivity contribution in [2.24, 2.45) is 5.73 Å². The number of primary amides is 1. The molecule has 0 bridgehead atoms. The van der Waals surface area contributed by atoms with Crippen molar-refractivity contribution < 1.29 is 4.79 Å². The van der Waals surface area contributed by atoms with Gasteiger partial charge in [0.05, 0.1) is 0 Å². The zero-order chi connectivity index (χ0) is 16.5. The maximum atomic E-state index is 11.8. The summed E-state index contributed by atoms with van der Waals surface area (Å²) in [5, 5.41) is 0. The molecule has 1 aromatic carbocycles. The number of pyridine rings is 1. The van der Waals surface area contributed by atoms with E-state index < -0.39 is 5.91 Å². The highest BCUT2D eigenvalue weighted by Crippen LogP contribution is 2.22. The first-order valence-electron chi connectivity index (χ1n) is 7.26. The lowest BCUT2D eigenvalue weighted by Crippen LogP contribution is -2.15. The molecule has 7 heteroatoms. The van der Waals surface area contributed by atoms with Gasteiger partial charge < -0.3 is 5.73 Å². The smallest absolute Gasteiger partial charge is 0.269 e. The summed E-state index contributed by atoms with van der Waals surface area (Å²) < 4.78 is 1.79. The lowest BCUT2D eigenvalue weighted by Gasteiger charge is -2.06. The van der Waals surface area contributed by atoms with Crippen LogP contribution < -0.4 is 5.73 Å². The van der Waals surface area contributed by atoms with Crippen molar-refractivity contribution >= 4 is 17.1 Å². The highest BCUT2D eigenvalue weighted by atomic mass is 16.1. The van der Waals surface area contributed by atoms with Crippen LogP contribution in [0.3, 0.4) is 0 Å². The summed E-state index contributed by atoms with van der Waals surface area (Å²) in [6.45, 7) is 0. The highest BCUT2D eigenvalue weighted by Gasteiger charge is 2.18. The number of hydrogen-bond acceptors (Lipinski definition) is 5. The van der Waals surface area contributed by atoms with Gasteiger partial charge in [-0.05, 0) is 24.3 Å². The van der Waals surface area contributed by atoms with Crippen molar-refractivity contribution in [3.63, 3.8) is 0 Å². The molecule has 0 saturated heterocycles. The number of para-hydroxylation sites is 1. The second-order valence-corrected chi connectivity index (χ2v) is 5.10. The molecule has 0 aliphatic carbocycles. The number of amides is 1. The lowest BCUT2D eigenvalue weighted by molar-refractivity contribution is 0.0997. The predicted molar refractivity (Wildman–Crippen MR) is 88.4 cm³/mol. The fraction of sp³-hybridized carbons (Fsp3) is 0. The SMILES string of the molecule is NC(=O)c1nc(-c2ccccn2)nc2c1ncn2-c1ccccc1. The number of aromatic nitrogens is 5. The van der Waals surface area contributed by atoms with Crippen LogP contribution in [0, 0.1) is 0 Å². The van der Waals surface area contributed by atoms with Crippen LogP contribution in [0.1, 0.15) is 10.5 Å². The molecule has 0 atom stereocenters. The Balaban J connectivity index is 2.02. The maximum Gasteiger partial charge on any atom is 0.269 e. The average molecular weight is 316 g/mol. The molecule has 2 N–H and O–H groups in total. The number of fused-ring (bicyclic) bond motifs is 1. The van der Waals surface area contributed by atoms with Gasteiger partial charge in [0.1, 0.15) is 17.5 Å². The van der Waals surface area contributed by atoms with E-state index in [4.69, 9.17) is 5.73 Å². The van der Waals surface area contributed by atoms with Crippen LogP contribution >= 0.6 is 0 Å². The number of nitrogens with zero attached hydrogens (tertiary/aromatic N) is 5. The van der Waals surface area contributed by atoms with Crippen molar-refractivity contribution in [3.8, 4) is 17.2 Å². The molecule has 0 radical (unpaired) electrons. The van der Waals surface area contributed by atoms with Crippen LogP contribution in [0.2, 0.25) is 0 Å². The molecular weight excluding hydrogens is 304 g/mol. The second-order valence-electron chi connectivity index (χ2n) is 5.10. The third kappa shape index (κ3) is 2.28. The minimum atomic E-state index is -0.655. The Morgan fingerprint density at radius 1 is 0.958 bits per heavy atom. The van der Waals surface area contributed by atoms with Crippen LogP contribution in [0.4, 0.5) is 0 Å². The summed E-state index contributed by atoms with van der Waals surface area (Å²) in [5.74, 6) is -0.326. The van der Waals surface area contributed by atoms with E-state index in [9.17, 15) is 4.79 Å². The summed E-state index contributed by atoms with van der Waals surface area (Å²) in [6, 6.07) is 15.0. The molecule has 0 aliphatic rings. The van der Waals surface area contributed by atoms with Gasteiger partial charge in [-0.3, -0.25) is 14.3 Å². The van der Waals surface area contributed by atoms with Crippen LogP contribution in [0.25, 0.3) is 28.4 Å². The van der Waals surface area contributed by atoms with Gasteiger partial charge in [-0.1, -0.05) is 24.3 Å². The van der Waals surface area contributed by atoms with Crippen molar-refractivity contribution in [3.05, 3.63) is 66.7 Å². The van der Waals surface area contributed by atoms with Crippen molar-refractivity contribution in [2.45, 2.75) is 0 Å². The Morgan fingerprint density at radius 2 is 1.75 bits per heavy atom. The zero-order valence-electron chi connectivity index (χ0n) is 12.5. The van der Waals surface area contributed by atoms with Gasteiger partial charge in [0.2, 0.25) is 0 Å². The number of hydrogen-bond donors (Lipinski definition) is 1. The van der Waals surface area contributed by atoms with E-state index in [-0.39, 0.29) is 5.69 Å². The molecule has 0 saturated carbocycles. The summed E-state index contributed by atoms with van der Waals surface area (Å²) in [4.78, 5) is 29.1. The molecule has 0 aliphatic heterocycles. The van der Waals surface area contributed by atoms with Crippen molar-refractivity contribution in [2.75, 3.05) is 0 Å². The van der Waals surface area contributed by atoms with E-state index in [0.29, 0.717) is 22.7 Å². The van der Waals surface area contributed by atoms with E-state index in [0.717, 1.165) is 5.69 Å². The van der Waals surface area contributed by atoms with Gasteiger partial charge in [-0.25, -0.2) is 15.0 Å². The van der Waals surface area contributed by atoms with E-state index in [2.05, 4.69) is 19.9 Å². The van der Waals surface area contributed by atoms with Crippen LogP contribution in [-0.2, 0) is 0 Å². The Kier molecular flexibility index (Phi) is 3.24. The fourth-order valence-electron chi connectivity index (χ4n) is 2.46. The van der Waals surface area contributed by atoms with Gasteiger partial charge in [0.15, 0.2) is 17.2 Å². The quantitative estimate of drug-likeness (QED) is 0.623. The van der Waals surface area contributed by atoms with Crippen molar-refractivity contribution in [1.29, 1.82) is 0 Å². The molecule has 24 heavy (non-hydrogen) atoms. The van der Waals surface area contributed by atoms with Crippen LogP contribution in [-0.4, -0.2) is 30.4 Å². The van der Waals surface area contributed by atoms with E-state index >= 15 is 0 Å². The highest BCUT2D eigenvalue weighted by molar-refractivity contribution is 6.02. The van der Waals surface area contributed by atoms with Gasteiger partial charge >= 0.3 is 0 Å². The van der Waals surface area contributed by atoms with Gasteiger partial charge in [-0.15, -0.1) is 0 Å². The normalized spacial score (nSPS) is 10.8. The first-order valence-corrected chi connectivity index (χ1v) is 7.26. The predicted octanol–water partition coefficient (Wildman–Crippen LogP) is 1.98. The Bertz CT molecular complexity index is 1030. The number of benzene rings is 1. The van der Waals surface area contributed by atoms with Crippen molar-refractivity contribution in [1.82, 2.24) is 24.5 Å². The average Bonchev–Trinajstić information content (AvgIpc) is 3.06. The third-order valence-corrected chi connectivity index (χ3v) is 3.56. The molecule has 7 nitrogen and oxygen atoms in total. The first-order chi connectivity index (χ1) is 11.7. The van der Waals surface area contributed by atoms with Gasteiger partial charge in [0, 0.05) is 11.9 Å². The molecule has 3 aromatic heterocycles. The standard InChI is InChI=1S/C17H12N6O/c18-15(24)13-14-17(22-16(21-13)12-8-4-5-9-19-12)23(10-20-14)11-6-2-1-3-7-11/h1-10H,(H2,18,24). The topological polar surface area (TPSA) is 99.6 Å². The number of rotatable bonds is 3. The Labute approximate surface area is 136 Å². The number of imidazole rings is 1. The minimum absolute atomic E-state index is 0.0790. The summed E-state index contributed by atoms with van der Waals surface area (Å²) in [5.41, 5.74) is 7.86. The van der Waals surface area contributed by atoms with E-state index in [1.807, 2.05) is 36.4 Å². The zero-order valence-corrected chi connectivity index (χ0v) is 12.5. The number of nitrogens with two attached hydrogens (primary N) is 1. The van der Waals surface area contributed by atoms with Crippen LogP contribution in [0.5, 0.6) is 0 Å². The molecular formula is C17H12N6O. The minimum Gasteiger partial charge on any atom is -0.364 e. The monoisotopic (exact) mass is 316 g/mol. The fourth-order valence-corrected chi connectivity index (χ4v) is 2.46. The summed E-state index contributed by atoms with van der Waals surface area (Å²) in [6.07, 6.45) is 3.24. The molecule has 4 rings (SSSR count). The lowest BCUT2D eigenvalue weighted by atomic mass is 10.3. The van der Waals surface area contributed by atoms with Crippen LogP contribution in [0.15, 0.2) is 61.1 Å². The summed E-state index contributed by atoms with van der Waals surface area (Å²) in [7, 11) is 0. The maximum absolute atomic E-state index is 11.8. The van der Waals surface area contributed by atoms with E-state index in [1.165, 1.54) is 0 Å². The Morgan fingerprint density at radius 3 is 2.46 bits per heavy atom. The number of carbonyl (C=O) groups is 1. The molecule has 3 heterocycles. The first kappa shape index (κ1) is 14.0. The molecule has 116 valence electrons. The molecule has 4 aromatic rings. The molecule has 0 fully saturated rings. The molecule has 1 amide bonds. The third-order valence-electron chi connectivity index (χ3n) is 3.56. The van der Waals surface area contributed by atoms with E-state index in [1.54, 1.807) is 29.2 Å². The molecule has 0 spiro atoms. The number of carbonyl (C=O) groups excluding carboxylic acids is 1. The van der Waals surface area contributed by atoms with Gasteiger partial charge in [0.25, 0.3) is 5.91 Å². The summed E-state index contributed by atoms with van der Waals surface area (Å²) >= 11 is 0. The second kappa shape index (κ2) is 5.54. The van der Waals surface area contributed by atoms with Gasteiger partial charge in [-0.2, -0.15) is 0 Å². The molecule has 0 unspecified atom stereocenters. The Hall–Kier alpha value is -3.61. The largest absolute Gasteiger partial charge is 0.364 e.